The highest BCUT2D eigenvalue weighted by molar-refractivity contribution is 5.91. The first kappa shape index (κ1) is 15.7. The van der Waals surface area contributed by atoms with Crippen LogP contribution in [-0.2, 0) is 6.42 Å². The zero-order valence-corrected chi connectivity index (χ0v) is 14.4. The van der Waals surface area contributed by atoms with Gasteiger partial charge < -0.3 is 9.32 Å². The molecule has 0 N–H and O–H groups in total. The minimum absolute atomic E-state index is 0.128. The Hall–Kier alpha value is -3.49. The summed E-state index contributed by atoms with van der Waals surface area (Å²) in [4.78, 5) is 23.1. The van der Waals surface area contributed by atoms with E-state index in [0.717, 1.165) is 17.4 Å². The normalized spacial score (nSPS) is 16.7. The Morgan fingerprint density at radius 1 is 1.37 bits per heavy atom. The molecule has 1 amide bonds. The topological polar surface area (TPSA) is 81.5 Å². The summed E-state index contributed by atoms with van der Waals surface area (Å²) in [7, 11) is 0. The second kappa shape index (κ2) is 5.76. The smallest absolute Gasteiger partial charge is 0.292 e. The first-order chi connectivity index (χ1) is 13.1. The number of carbonyl (C=O) groups excluding carboxylic acids is 1. The maximum atomic E-state index is 14.1. The fourth-order valence-corrected chi connectivity index (χ4v) is 3.57. The highest BCUT2D eigenvalue weighted by atomic mass is 19.2. The van der Waals surface area contributed by atoms with Crippen molar-refractivity contribution in [2.24, 2.45) is 0 Å². The van der Waals surface area contributed by atoms with E-state index in [1.165, 1.54) is 12.6 Å². The number of fused-ring (bicyclic) bond motifs is 2. The number of aromatic nitrogens is 5. The third-order valence-electron chi connectivity index (χ3n) is 4.83. The molecular weight excluding hydrogens is 351 g/mol. The lowest BCUT2D eigenvalue weighted by Gasteiger charge is -2.33. The van der Waals surface area contributed by atoms with Crippen LogP contribution in [0.1, 0.15) is 39.2 Å². The van der Waals surface area contributed by atoms with E-state index in [9.17, 15) is 9.28 Å². The van der Waals surface area contributed by atoms with Crippen molar-refractivity contribution in [3.8, 4) is 0 Å². The molecule has 1 aliphatic heterocycles. The standard InChI is InChI=1S/C18H15FN6O2/c1-11-2-5-25-12(6-11)7-13(22-25)17-16-14(24(19)9-21-16)3-4-23(17)18(26)15-8-20-10-27-15/h2,5-10,17H,3-4H2,1H3/t17-/m0/s1. The number of hydrogen-bond donors (Lipinski definition) is 0. The fraction of sp³-hybridized carbons (Fsp3) is 0.222. The molecular formula is C18H15FN6O2. The lowest BCUT2D eigenvalue weighted by atomic mass is 9.99. The van der Waals surface area contributed by atoms with Crippen molar-refractivity contribution in [2.45, 2.75) is 19.4 Å². The number of imidazole rings is 1. The monoisotopic (exact) mass is 366 g/mol. The third kappa shape index (κ3) is 2.42. The molecule has 0 unspecified atom stereocenters. The van der Waals surface area contributed by atoms with Gasteiger partial charge in [0.25, 0.3) is 5.91 Å². The zero-order valence-electron chi connectivity index (χ0n) is 14.4. The molecule has 4 aromatic rings. The van der Waals surface area contributed by atoms with Gasteiger partial charge in [-0.3, -0.25) is 4.79 Å². The SMILES string of the molecule is Cc1ccn2nc([C@H]3c4ncn(F)c4CCN3C(=O)c3cnco3)cc2c1. The van der Waals surface area contributed by atoms with E-state index < -0.39 is 6.04 Å². The molecule has 8 nitrogen and oxygen atoms in total. The van der Waals surface area contributed by atoms with Gasteiger partial charge >= 0.3 is 0 Å². The van der Waals surface area contributed by atoms with E-state index in [0.29, 0.717) is 34.8 Å². The second-order valence-corrected chi connectivity index (χ2v) is 6.55. The third-order valence-corrected chi connectivity index (χ3v) is 4.83. The fourth-order valence-electron chi connectivity index (χ4n) is 3.57. The number of pyridine rings is 1. The van der Waals surface area contributed by atoms with Gasteiger partial charge in [-0.15, -0.1) is 0 Å². The summed E-state index contributed by atoms with van der Waals surface area (Å²) in [5, 5.41) is 4.60. The predicted molar refractivity (Wildman–Crippen MR) is 91.7 cm³/mol. The van der Waals surface area contributed by atoms with Crippen molar-refractivity contribution in [3.05, 3.63) is 71.7 Å². The molecule has 5 rings (SSSR count). The lowest BCUT2D eigenvalue weighted by molar-refractivity contribution is 0.0650. The number of hydrogen-bond acceptors (Lipinski definition) is 5. The van der Waals surface area contributed by atoms with Gasteiger partial charge in [0.1, 0.15) is 12.4 Å². The summed E-state index contributed by atoms with van der Waals surface area (Å²) in [5.41, 5.74) is 3.55. The van der Waals surface area contributed by atoms with Crippen LogP contribution >= 0.6 is 0 Å². The molecule has 0 saturated carbocycles. The van der Waals surface area contributed by atoms with Crippen molar-refractivity contribution < 1.29 is 13.7 Å². The minimum Gasteiger partial charge on any atom is -0.438 e. The van der Waals surface area contributed by atoms with Crippen LogP contribution in [0.4, 0.5) is 4.48 Å². The van der Waals surface area contributed by atoms with Crippen LogP contribution in [0, 0.1) is 6.92 Å². The average Bonchev–Trinajstić information content (AvgIpc) is 3.40. The molecule has 0 radical (unpaired) electrons. The van der Waals surface area contributed by atoms with Crippen molar-refractivity contribution in [2.75, 3.05) is 6.54 Å². The van der Waals surface area contributed by atoms with Crippen LogP contribution in [0.15, 0.2) is 47.7 Å². The largest absolute Gasteiger partial charge is 0.438 e. The summed E-state index contributed by atoms with van der Waals surface area (Å²) in [5.74, 6) is -0.201. The van der Waals surface area contributed by atoms with Crippen LogP contribution in [0.25, 0.3) is 5.52 Å². The van der Waals surface area contributed by atoms with Crippen LogP contribution in [0.3, 0.4) is 0 Å². The van der Waals surface area contributed by atoms with Gasteiger partial charge in [0.2, 0.25) is 5.76 Å². The molecule has 0 aromatic carbocycles. The minimum atomic E-state index is -0.608. The highest BCUT2D eigenvalue weighted by Gasteiger charge is 2.38. The number of rotatable bonds is 2. The molecule has 5 heterocycles. The molecule has 4 aromatic heterocycles. The second-order valence-electron chi connectivity index (χ2n) is 6.55. The van der Waals surface area contributed by atoms with Gasteiger partial charge in [0.15, 0.2) is 6.39 Å². The van der Waals surface area contributed by atoms with Crippen LogP contribution in [0.2, 0.25) is 0 Å². The summed E-state index contributed by atoms with van der Waals surface area (Å²) >= 11 is 0. The summed E-state index contributed by atoms with van der Waals surface area (Å²) < 4.78 is 21.0. The van der Waals surface area contributed by atoms with Crippen molar-refractivity contribution >= 4 is 11.4 Å². The van der Waals surface area contributed by atoms with Crippen LogP contribution in [0.5, 0.6) is 0 Å². The predicted octanol–water partition coefficient (Wildman–Crippen LogP) is 2.35. The van der Waals surface area contributed by atoms with E-state index in [4.69, 9.17) is 4.42 Å². The van der Waals surface area contributed by atoms with Gasteiger partial charge in [-0.1, -0.05) is 4.48 Å². The molecule has 0 aliphatic carbocycles. The quantitative estimate of drug-likeness (QED) is 0.544. The maximum Gasteiger partial charge on any atom is 0.292 e. The molecule has 136 valence electrons. The Balaban J connectivity index is 1.66. The van der Waals surface area contributed by atoms with Crippen LogP contribution < -0.4 is 0 Å². The highest BCUT2D eigenvalue weighted by Crippen LogP contribution is 2.35. The number of nitrogens with zero attached hydrogens (tertiary/aromatic N) is 6. The number of halogens is 1. The van der Waals surface area contributed by atoms with Crippen LogP contribution in [-0.4, -0.2) is 41.7 Å². The van der Waals surface area contributed by atoms with Crippen molar-refractivity contribution in [3.63, 3.8) is 0 Å². The molecule has 0 bridgehead atoms. The Morgan fingerprint density at radius 2 is 2.26 bits per heavy atom. The molecule has 1 aliphatic rings. The molecule has 0 fully saturated rings. The Morgan fingerprint density at radius 3 is 3.07 bits per heavy atom. The number of oxazole rings is 1. The van der Waals surface area contributed by atoms with Gasteiger partial charge in [0, 0.05) is 19.2 Å². The molecule has 1 atom stereocenters. The molecule has 0 spiro atoms. The van der Waals surface area contributed by atoms with Crippen molar-refractivity contribution in [1.29, 1.82) is 0 Å². The van der Waals surface area contributed by atoms with Gasteiger partial charge in [-0.25, -0.2) is 14.5 Å². The summed E-state index contributed by atoms with van der Waals surface area (Å²) in [6.07, 6.45) is 5.92. The van der Waals surface area contributed by atoms with Gasteiger partial charge in [-0.05, 0) is 30.7 Å². The van der Waals surface area contributed by atoms with E-state index in [1.807, 2.05) is 31.3 Å². The maximum absolute atomic E-state index is 14.1. The number of aryl methyl sites for hydroxylation is 1. The molecule has 27 heavy (non-hydrogen) atoms. The average molecular weight is 366 g/mol. The Labute approximate surface area is 152 Å². The van der Waals surface area contributed by atoms with E-state index in [2.05, 4.69) is 15.1 Å². The summed E-state index contributed by atoms with van der Waals surface area (Å²) in [6, 6.07) is 5.23. The Bertz CT molecular complexity index is 1150. The molecule has 9 heteroatoms. The van der Waals surface area contributed by atoms with Gasteiger partial charge in [-0.2, -0.15) is 9.89 Å². The van der Waals surface area contributed by atoms with E-state index in [-0.39, 0.29) is 11.7 Å². The first-order valence-electron chi connectivity index (χ1n) is 8.49. The Kier molecular flexibility index (Phi) is 3.36. The van der Waals surface area contributed by atoms with Gasteiger partial charge in [0.05, 0.1) is 28.8 Å². The molecule has 0 saturated heterocycles. The number of carbonyl (C=O) groups is 1. The van der Waals surface area contributed by atoms with Crippen molar-refractivity contribution in [1.82, 2.24) is 29.3 Å². The first-order valence-corrected chi connectivity index (χ1v) is 8.49. The summed E-state index contributed by atoms with van der Waals surface area (Å²) in [6.45, 7) is 2.32. The van der Waals surface area contributed by atoms with E-state index >= 15 is 0 Å². The lowest BCUT2D eigenvalue weighted by Crippen LogP contribution is -2.41. The number of amides is 1. The zero-order chi connectivity index (χ0) is 18.5. The van der Waals surface area contributed by atoms with E-state index in [1.54, 1.807) is 9.42 Å².